The van der Waals surface area contributed by atoms with Gasteiger partial charge >= 0.3 is 0 Å². The monoisotopic (exact) mass is 304 g/mol. The molecule has 0 fully saturated rings. The molecule has 2 aromatic carbocycles. The number of methoxy groups -OCH3 is 1. The number of nitrogens with zero attached hydrogens (tertiary/aromatic N) is 1. The summed E-state index contributed by atoms with van der Waals surface area (Å²) in [5, 5.41) is 2.03. The van der Waals surface area contributed by atoms with Crippen LogP contribution in [0.2, 0.25) is 0 Å². The molecule has 4 nitrogen and oxygen atoms in total. The van der Waals surface area contributed by atoms with Gasteiger partial charge in [-0.1, -0.05) is 18.2 Å². The normalized spacial score (nSPS) is 11.2. The second-order valence-electron chi connectivity index (χ2n) is 5.61. The van der Waals surface area contributed by atoms with Crippen molar-refractivity contribution >= 4 is 27.6 Å². The lowest BCUT2D eigenvalue weighted by Crippen LogP contribution is -2.07. The predicted molar refractivity (Wildman–Crippen MR) is 91.2 cm³/mol. The molecule has 0 amide bonds. The number of aryl methyl sites for hydroxylation is 1. The highest BCUT2D eigenvalue weighted by Crippen LogP contribution is 2.24. The van der Waals surface area contributed by atoms with Crippen molar-refractivity contribution in [1.82, 2.24) is 9.55 Å². The minimum Gasteiger partial charge on any atom is -0.497 e. The second kappa shape index (κ2) is 5.02. The Bertz CT molecular complexity index is 1040. The first kappa shape index (κ1) is 13.6. The molecule has 2 heterocycles. The number of aromatic amines is 1. The van der Waals surface area contributed by atoms with Crippen LogP contribution in [0.15, 0.2) is 54.6 Å². The van der Waals surface area contributed by atoms with Crippen molar-refractivity contribution in [3.8, 4) is 5.75 Å². The Hall–Kier alpha value is -3.01. The molecule has 0 saturated heterocycles. The molecular formula is C19H16N2O2. The summed E-state index contributed by atoms with van der Waals surface area (Å²) in [4.78, 5) is 16.1. The van der Waals surface area contributed by atoms with Gasteiger partial charge in [0.15, 0.2) is 0 Å². The van der Waals surface area contributed by atoms with Crippen molar-refractivity contribution in [2.45, 2.75) is 0 Å². The number of H-pyrrole nitrogens is 1. The smallest absolute Gasteiger partial charge is 0.225 e. The van der Waals surface area contributed by atoms with Crippen molar-refractivity contribution in [3.63, 3.8) is 0 Å². The van der Waals surface area contributed by atoms with Crippen molar-refractivity contribution in [3.05, 3.63) is 66.0 Å². The SMILES string of the molecule is COc1ccc2[nH]c(C(=O)c3cc4ccccc4n3C)cc2c1. The average molecular weight is 304 g/mol. The average Bonchev–Trinajstić information content (AvgIpc) is 3.15. The summed E-state index contributed by atoms with van der Waals surface area (Å²) in [7, 11) is 3.55. The molecule has 0 atom stereocenters. The Kier molecular flexibility index (Phi) is 2.98. The van der Waals surface area contributed by atoms with Crippen molar-refractivity contribution in [2.24, 2.45) is 7.05 Å². The number of carbonyl (C=O) groups excluding carboxylic acids is 1. The zero-order valence-electron chi connectivity index (χ0n) is 13.0. The first-order valence-electron chi connectivity index (χ1n) is 7.43. The molecule has 0 aliphatic heterocycles. The fourth-order valence-corrected chi connectivity index (χ4v) is 3.00. The van der Waals surface area contributed by atoms with Crippen LogP contribution in [0.4, 0.5) is 0 Å². The number of hydrogen-bond donors (Lipinski definition) is 1. The fourth-order valence-electron chi connectivity index (χ4n) is 3.00. The van der Waals surface area contributed by atoms with E-state index >= 15 is 0 Å². The van der Waals surface area contributed by atoms with Gasteiger partial charge in [0, 0.05) is 28.9 Å². The number of ketones is 1. The van der Waals surface area contributed by atoms with Crippen LogP contribution >= 0.6 is 0 Å². The number of para-hydroxylation sites is 1. The molecule has 2 aromatic heterocycles. The van der Waals surface area contributed by atoms with Gasteiger partial charge in [0.1, 0.15) is 5.75 Å². The maximum atomic E-state index is 12.9. The van der Waals surface area contributed by atoms with Crippen molar-refractivity contribution < 1.29 is 9.53 Å². The lowest BCUT2D eigenvalue weighted by Gasteiger charge is -2.01. The van der Waals surface area contributed by atoms with Crippen LogP contribution in [0.5, 0.6) is 5.75 Å². The van der Waals surface area contributed by atoms with Gasteiger partial charge in [-0.2, -0.15) is 0 Å². The quantitative estimate of drug-likeness (QED) is 0.584. The number of fused-ring (bicyclic) bond motifs is 2. The van der Waals surface area contributed by atoms with E-state index in [0.717, 1.165) is 27.6 Å². The highest BCUT2D eigenvalue weighted by atomic mass is 16.5. The van der Waals surface area contributed by atoms with Crippen molar-refractivity contribution in [2.75, 3.05) is 7.11 Å². The maximum Gasteiger partial charge on any atom is 0.225 e. The molecule has 114 valence electrons. The predicted octanol–water partition coefficient (Wildman–Crippen LogP) is 3.90. The van der Waals surface area contributed by atoms with Gasteiger partial charge in [-0.15, -0.1) is 0 Å². The largest absolute Gasteiger partial charge is 0.497 e. The summed E-state index contributed by atoms with van der Waals surface area (Å²) in [6.07, 6.45) is 0. The number of nitrogens with one attached hydrogen (secondary N) is 1. The third-order valence-electron chi connectivity index (χ3n) is 4.26. The van der Waals surface area contributed by atoms with Gasteiger partial charge in [0.05, 0.1) is 18.5 Å². The van der Waals surface area contributed by atoms with Crippen LogP contribution in [0, 0.1) is 0 Å². The number of aromatic nitrogens is 2. The molecule has 0 bridgehead atoms. The standard InChI is InChI=1S/C19H16N2O2/c1-21-17-6-4-3-5-12(17)11-18(21)19(22)16-10-13-9-14(23-2)7-8-15(13)20-16/h3-11,20H,1-2H3. The molecule has 0 aliphatic carbocycles. The molecule has 4 aromatic rings. The summed E-state index contributed by atoms with van der Waals surface area (Å²) in [5.41, 5.74) is 3.23. The molecular weight excluding hydrogens is 288 g/mol. The van der Waals surface area contributed by atoms with Crippen LogP contribution in [0.1, 0.15) is 16.2 Å². The first-order valence-corrected chi connectivity index (χ1v) is 7.43. The molecule has 4 rings (SSSR count). The number of rotatable bonds is 3. The van der Waals surface area contributed by atoms with Gasteiger partial charge in [0.25, 0.3) is 0 Å². The Labute approximate surface area is 133 Å². The highest BCUT2D eigenvalue weighted by Gasteiger charge is 2.17. The van der Waals surface area contributed by atoms with E-state index < -0.39 is 0 Å². The second-order valence-corrected chi connectivity index (χ2v) is 5.61. The molecule has 1 N–H and O–H groups in total. The zero-order chi connectivity index (χ0) is 16.0. The van der Waals surface area contributed by atoms with Gasteiger partial charge in [-0.05, 0) is 36.4 Å². The molecule has 0 spiro atoms. The van der Waals surface area contributed by atoms with Gasteiger partial charge < -0.3 is 14.3 Å². The first-order chi connectivity index (χ1) is 11.2. The number of hydrogen-bond acceptors (Lipinski definition) is 2. The number of carbonyl (C=O) groups is 1. The Morgan fingerprint density at radius 1 is 1.04 bits per heavy atom. The zero-order valence-corrected chi connectivity index (χ0v) is 13.0. The minimum atomic E-state index is -0.0149. The number of benzene rings is 2. The summed E-state index contributed by atoms with van der Waals surface area (Å²) in [6.45, 7) is 0. The molecule has 0 unspecified atom stereocenters. The van der Waals surface area contributed by atoms with E-state index in [4.69, 9.17) is 4.74 Å². The van der Waals surface area contributed by atoms with Crippen LogP contribution in [0.25, 0.3) is 21.8 Å². The van der Waals surface area contributed by atoms with Gasteiger partial charge in [-0.25, -0.2) is 0 Å². The maximum absolute atomic E-state index is 12.9. The van der Waals surface area contributed by atoms with Crippen LogP contribution in [0.3, 0.4) is 0 Å². The lowest BCUT2D eigenvalue weighted by molar-refractivity contribution is 0.102. The van der Waals surface area contributed by atoms with E-state index in [2.05, 4.69) is 4.98 Å². The summed E-state index contributed by atoms with van der Waals surface area (Å²) in [5.74, 6) is 0.763. The lowest BCUT2D eigenvalue weighted by atomic mass is 10.2. The van der Waals surface area contributed by atoms with Crippen LogP contribution in [-0.4, -0.2) is 22.4 Å². The van der Waals surface area contributed by atoms with E-state index in [0.29, 0.717) is 11.4 Å². The Morgan fingerprint density at radius 2 is 1.87 bits per heavy atom. The van der Waals surface area contributed by atoms with Gasteiger partial charge in [-0.3, -0.25) is 4.79 Å². The molecule has 0 aliphatic rings. The third-order valence-corrected chi connectivity index (χ3v) is 4.26. The van der Waals surface area contributed by atoms with E-state index in [9.17, 15) is 4.79 Å². The van der Waals surface area contributed by atoms with E-state index in [1.54, 1.807) is 7.11 Å². The third kappa shape index (κ3) is 2.11. The highest BCUT2D eigenvalue weighted by molar-refractivity contribution is 6.11. The molecule has 4 heteroatoms. The summed E-state index contributed by atoms with van der Waals surface area (Å²) in [6, 6.07) is 17.5. The summed E-state index contributed by atoms with van der Waals surface area (Å²) < 4.78 is 7.17. The Balaban J connectivity index is 1.82. The molecule has 0 saturated carbocycles. The van der Waals surface area contributed by atoms with E-state index in [-0.39, 0.29) is 5.78 Å². The minimum absolute atomic E-state index is 0.0149. The topological polar surface area (TPSA) is 47.0 Å². The number of ether oxygens (including phenoxy) is 1. The van der Waals surface area contributed by atoms with E-state index in [1.165, 1.54) is 0 Å². The Morgan fingerprint density at radius 3 is 2.65 bits per heavy atom. The summed E-state index contributed by atoms with van der Waals surface area (Å²) >= 11 is 0. The molecule has 23 heavy (non-hydrogen) atoms. The fraction of sp³-hybridized carbons (Fsp3) is 0.105. The van der Waals surface area contributed by atoms with Crippen molar-refractivity contribution in [1.29, 1.82) is 0 Å². The molecule has 0 radical (unpaired) electrons. The van der Waals surface area contributed by atoms with Crippen LogP contribution < -0.4 is 4.74 Å². The van der Waals surface area contributed by atoms with E-state index in [1.807, 2.05) is 66.2 Å². The van der Waals surface area contributed by atoms with Crippen LogP contribution in [-0.2, 0) is 7.05 Å². The van der Waals surface area contributed by atoms with Gasteiger partial charge in [0.2, 0.25) is 5.78 Å².